The zero-order valence-electron chi connectivity index (χ0n) is 15.1. The Kier molecular flexibility index (Phi) is 10.4. The van der Waals surface area contributed by atoms with Gasteiger partial charge >= 0.3 is 0 Å². The predicted molar refractivity (Wildman–Crippen MR) is 113 cm³/mol. The molecule has 0 saturated heterocycles. The predicted octanol–water partition coefficient (Wildman–Crippen LogP) is 3.02. The maximum absolute atomic E-state index is 11.9. The van der Waals surface area contributed by atoms with Gasteiger partial charge in [0.1, 0.15) is 0 Å². The monoisotopic (exact) mass is 459 g/mol. The minimum atomic E-state index is -0.118. The zero-order valence-corrected chi connectivity index (χ0v) is 17.5. The third-order valence-electron chi connectivity index (χ3n) is 4.48. The molecule has 1 saturated carbocycles. The fraction of sp³-hybridized carbons (Fsp3) is 0.611. The summed E-state index contributed by atoms with van der Waals surface area (Å²) in [5, 5.41) is 9.13. The maximum Gasteiger partial charge on any atom is 0.243 e. The van der Waals surface area contributed by atoms with Crippen LogP contribution in [-0.4, -0.2) is 37.0 Å². The van der Waals surface area contributed by atoms with Crippen molar-refractivity contribution >= 4 is 41.5 Å². The largest absolute Gasteiger partial charge is 0.356 e. The second-order valence-corrected chi connectivity index (χ2v) is 6.57. The van der Waals surface area contributed by atoms with Crippen molar-refractivity contribution in [2.45, 2.75) is 39.0 Å². The first-order valence-corrected chi connectivity index (χ1v) is 8.81. The van der Waals surface area contributed by atoms with Gasteiger partial charge < -0.3 is 16.0 Å². The average molecular weight is 459 g/mol. The van der Waals surface area contributed by atoms with E-state index < -0.39 is 0 Å². The third kappa shape index (κ3) is 8.51. The van der Waals surface area contributed by atoms with E-state index in [1.54, 1.807) is 25.5 Å². The molecule has 0 radical (unpaired) electrons. The van der Waals surface area contributed by atoms with Gasteiger partial charge in [0.2, 0.25) is 5.91 Å². The molecule has 2 rings (SSSR count). The highest BCUT2D eigenvalue weighted by Gasteiger charge is 2.18. The lowest BCUT2D eigenvalue weighted by Crippen LogP contribution is -2.42. The number of hydrogen-bond acceptors (Lipinski definition) is 3. The van der Waals surface area contributed by atoms with E-state index in [2.05, 4.69) is 32.9 Å². The number of anilines is 1. The smallest absolute Gasteiger partial charge is 0.243 e. The van der Waals surface area contributed by atoms with Crippen LogP contribution in [0.25, 0.3) is 0 Å². The number of carbonyl (C=O) groups excluding carboxylic acids is 1. The molecule has 3 N–H and O–H groups in total. The lowest BCUT2D eigenvalue weighted by Gasteiger charge is -2.26. The highest BCUT2D eigenvalue weighted by atomic mass is 127. The number of halogens is 1. The van der Waals surface area contributed by atoms with Crippen LogP contribution in [0.5, 0.6) is 0 Å². The van der Waals surface area contributed by atoms with Crippen LogP contribution in [0.4, 0.5) is 5.69 Å². The summed E-state index contributed by atoms with van der Waals surface area (Å²) >= 11 is 0. The molecule has 0 bridgehead atoms. The van der Waals surface area contributed by atoms with Gasteiger partial charge in [-0.25, -0.2) is 0 Å². The summed E-state index contributed by atoms with van der Waals surface area (Å²) in [6, 6.07) is 3.60. The minimum Gasteiger partial charge on any atom is -0.356 e. The Hall–Kier alpha value is -1.38. The van der Waals surface area contributed by atoms with Crippen LogP contribution >= 0.6 is 24.0 Å². The number of aliphatic imine (C=N–C) groups is 1. The van der Waals surface area contributed by atoms with Crippen molar-refractivity contribution in [2.24, 2.45) is 16.8 Å². The second-order valence-electron chi connectivity index (χ2n) is 6.57. The lowest BCUT2D eigenvalue weighted by atomic mass is 9.81. The number of nitrogens with zero attached hydrogens (tertiary/aromatic N) is 2. The molecule has 25 heavy (non-hydrogen) atoms. The molecule has 140 valence electrons. The van der Waals surface area contributed by atoms with E-state index in [1.165, 1.54) is 25.7 Å². The normalized spacial score (nSPS) is 20.3. The molecule has 0 aliphatic heterocycles. The Morgan fingerprint density at radius 3 is 2.88 bits per heavy atom. The number of aromatic nitrogens is 1. The quantitative estimate of drug-likeness (QED) is 0.347. The third-order valence-corrected chi connectivity index (χ3v) is 4.48. The van der Waals surface area contributed by atoms with Crippen LogP contribution in [0, 0.1) is 11.8 Å². The van der Waals surface area contributed by atoms with Gasteiger partial charge in [-0.2, -0.15) is 0 Å². The molecule has 1 aliphatic carbocycles. The molecule has 1 aliphatic rings. The van der Waals surface area contributed by atoms with E-state index >= 15 is 0 Å². The van der Waals surface area contributed by atoms with Crippen molar-refractivity contribution in [3.8, 4) is 0 Å². The van der Waals surface area contributed by atoms with Gasteiger partial charge in [0.25, 0.3) is 0 Å². The van der Waals surface area contributed by atoms with E-state index in [9.17, 15) is 4.79 Å². The van der Waals surface area contributed by atoms with Crippen molar-refractivity contribution in [3.05, 3.63) is 24.5 Å². The molecular formula is C18H30IN5O. The van der Waals surface area contributed by atoms with Crippen molar-refractivity contribution in [3.63, 3.8) is 0 Å². The molecule has 7 heteroatoms. The molecule has 2 unspecified atom stereocenters. The molecule has 1 amide bonds. The van der Waals surface area contributed by atoms with Gasteiger partial charge in [0.15, 0.2) is 5.96 Å². The SMILES string of the molecule is CN=C(NCCC1CCCC(C)C1)NCC(=O)Nc1cccnc1.I. The van der Waals surface area contributed by atoms with Gasteiger partial charge in [-0.15, -0.1) is 24.0 Å². The lowest BCUT2D eigenvalue weighted by molar-refractivity contribution is -0.115. The first-order valence-electron chi connectivity index (χ1n) is 8.81. The Labute approximate surface area is 167 Å². The van der Waals surface area contributed by atoms with Gasteiger partial charge in [0, 0.05) is 19.8 Å². The van der Waals surface area contributed by atoms with Crippen molar-refractivity contribution in [2.75, 3.05) is 25.5 Å². The highest BCUT2D eigenvalue weighted by molar-refractivity contribution is 14.0. The summed E-state index contributed by atoms with van der Waals surface area (Å²) in [4.78, 5) is 20.0. The number of pyridine rings is 1. The van der Waals surface area contributed by atoms with E-state index in [0.717, 1.165) is 24.8 Å². The molecule has 0 aromatic carbocycles. The van der Waals surface area contributed by atoms with Crippen LogP contribution in [0.3, 0.4) is 0 Å². The second kappa shape index (κ2) is 12.1. The summed E-state index contributed by atoms with van der Waals surface area (Å²) in [6.07, 6.45) is 9.86. The summed E-state index contributed by atoms with van der Waals surface area (Å²) in [5.74, 6) is 2.22. The number of hydrogen-bond donors (Lipinski definition) is 3. The Morgan fingerprint density at radius 1 is 1.36 bits per heavy atom. The van der Waals surface area contributed by atoms with Crippen LogP contribution in [0.2, 0.25) is 0 Å². The van der Waals surface area contributed by atoms with Crippen molar-refractivity contribution in [1.82, 2.24) is 15.6 Å². The van der Waals surface area contributed by atoms with Gasteiger partial charge in [0.05, 0.1) is 18.4 Å². The Balaban J connectivity index is 0.00000312. The summed E-state index contributed by atoms with van der Waals surface area (Å²) in [7, 11) is 1.72. The van der Waals surface area contributed by atoms with Gasteiger partial charge in [-0.05, 0) is 36.8 Å². The summed E-state index contributed by atoms with van der Waals surface area (Å²) in [5.41, 5.74) is 0.693. The fourth-order valence-corrected chi connectivity index (χ4v) is 3.24. The van der Waals surface area contributed by atoms with E-state index in [1.807, 2.05) is 6.07 Å². The first-order chi connectivity index (χ1) is 11.7. The van der Waals surface area contributed by atoms with Gasteiger partial charge in [-0.3, -0.25) is 14.8 Å². The van der Waals surface area contributed by atoms with E-state index in [0.29, 0.717) is 11.6 Å². The molecule has 0 spiro atoms. The molecule has 1 fully saturated rings. The number of rotatable bonds is 6. The van der Waals surface area contributed by atoms with Gasteiger partial charge in [-0.1, -0.05) is 26.2 Å². The summed E-state index contributed by atoms with van der Waals surface area (Å²) in [6.45, 7) is 3.41. The van der Waals surface area contributed by atoms with Crippen molar-refractivity contribution in [1.29, 1.82) is 0 Å². The zero-order chi connectivity index (χ0) is 17.2. The van der Waals surface area contributed by atoms with Crippen LogP contribution in [0.1, 0.15) is 39.0 Å². The van der Waals surface area contributed by atoms with Crippen LogP contribution in [0.15, 0.2) is 29.5 Å². The Morgan fingerprint density at radius 2 is 2.20 bits per heavy atom. The highest BCUT2D eigenvalue weighted by Crippen LogP contribution is 2.30. The number of nitrogens with one attached hydrogen (secondary N) is 3. The topological polar surface area (TPSA) is 78.4 Å². The minimum absolute atomic E-state index is 0. The number of carbonyl (C=O) groups is 1. The fourth-order valence-electron chi connectivity index (χ4n) is 3.24. The number of guanidine groups is 1. The molecule has 6 nitrogen and oxygen atoms in total. The van der Waals surface area contributed by atoms with E-state index in [4.69, 9.17) is 0 Å². The molecule has 1 heterocycles. The van der Waals surface area contributed by atoms with Crippen molar-refractivity contribution < 1.29 is 4.79 Å². The maximum atomic E-state index is 11.9. The summed E-state index contributed by atoms with van der Waals surface area (Å²) < 4.78 is 0. The molecule has 2 atom stereocenters. The van der Waals surface area contributed by atoms with Crippen LogP contribution < -0.4 is 16.0 Å². The standard InChI is InChI=1S/C18H29N5O.HI/c1-14-5-3-6-15(11-14)8-10-21-18(19-2)22-13-17(24)23-16-7-4-9-20-12-16;/h4,7,9,12,14-15H,3,5-6,8,10-11,13H2,1-2H3,(H,23,24)(H2,19,21,22);1H. The van der Waals surface area contributed by atoms with E-state index in [-0.39, 0.29) is 36.4 Å². The molecule has 1 aromatic heterocycles. The Bertz CT molecular complexity index is 538. The molecule has 1 aromatic rings. The first kappa shape index (κ1) is 21.7. The average Bonchev–Trinajstić information content (AvgIpc) is 2.59. The molecular weight excluding hydrogens is 429 g/mol. The number of amides is 1. The van der Waals surface area contributed by atoms with Crippen LogP contribution in [-0.2, 0) is 4.79 Å².